The van der Waals surface area contributed by atoms with Gasteiger partial charge in [0, 0.05) is 30.9 Å². The number of halogens is 2. The zero-order chi connectivity index (χ0) is 14.0. The zero-order valence-electron chi connectivity index (χ0n) is 10.7. The second-order valence-corrected chi connectivity index (χ2v) is 4.40. The molecule has 0 fully saturated rings. The molecule has 4 heteroatoms. The van der Waals surface area contributed by atoms with Gasteiger partial charge in [-0.05, 0) is 30.3 Å². The molecule has 2 aromatic rings. The molecule has 0 radical (unpaired) electrons. The summed E-state index contributed by atoms with van der Waals surface area (Å²) < 4.78 is 26.0. The Hall–Kier alpha value is -2.23. The molecular weight excluding hydrogens is 248 g/mol. The molecule has 0 bridgehead atoms. The fraction of sp³-hybridized carbons (Fsp3) is 0.133. The predicted octanol–water partition coefficient (Wildman–Crippen LogP) is 3.26. The highest BCUT2D eigenvalue weighted by atomic mass is 19.2. The quantitative estimate of drug-likeness (QED) is 0.790. The molecule has 2 nitrogen and oxygen atoms in total. The van der Waals surface area contributed by atoms with Crippen molar-refractivity contribution in [3.63, 3.8) is 0 Å². The van der Waals surface area contributed by atoms with E-state index >= 15 is 0 Å². The van der Waals surface area contributed by atoms with Gasteiger partial charge in [0.05, 0.1) is 0 Å². The number of rotatable bonds is 3. The van der Waals surface area contributed by atoms with Gasteiger partial charge < -0.3 is 4.90 Å². The van der Waals surface area contributed by atoms with Crippen molar-refractivity contribution < 1.29 is 13.6 Å². The van der Waals surface area contributed by atoms with Gasteiger partial charge in [-0.2, -0.15) is 0 Å². The highest BCUT2D eigenvalue weighted by molar-refractivity contribution is 6.09. The van der Waals surface area contributed by atoms with E-state index < -0.39 is 11.6 Å². The molecule has 0 saturated heterocycles. The van der Waals surface area contributed by atoms with E-state index in [0.717, 1.165) is 17.8 Å². The van der Waals surface area contributed by atoms with Crippen LogP contribution < -0.4 is 4.90 Å². The van der Waals surface area contributed by atoms with Crippen LogP contribution in [0.1, 0.15) is 15.9 Å². The van der Waals surface area contributed by atoms with Crippen LogP contribution in [-0.4, -0.2) is 19.9 Å². The smallest absolute Gasteiger partial charge is 0.193 e. The van der Waals surface area contributed by atoms with Crippen molar-refractivity contribution >= 4 is 11.5 Å². The van der Waals surface area contributed by atoms with Crippen LogP contribution in [-0.2, 0) is 0 Å². The van der Waals surface area contributed by atoms with E-state index in [-0.39, 0.29) is 11.3 Å². The first-order valence-electron chi connectivity index (χ1n) is 5.76. The Morgan fingerprint density at radius 2 is 1.63 bits per heavy atom. The van der Waals surface area contributed by atoms with Crippen molar-refractivity contribution in [2.75, 3.05) is 19.0 Å². The molecule has 0 aliphatic rings. The molecule has 98 valence electrons. The van der Waals surface area contributed by atoms with E-state index in [4.69, 9.17) is 0 Å². The number of ketones is 1. The van der Waals surface area contributed by atoms with Gasteiger partial charge in [0.25, 0.3) is 0 Å². The van der Waals surface area contributed by atoms with Crippen molar-refractivity contribution in [1.82, 2.24) is 0 Å². The maximum absolute atomic E-state index is 13.1. The summed E-state index contributed by atoms with van der Waals surface area (Å²) in [4.78, 5) is 14.0. The maximum Gasteiger partial charge on any atom is 0.193 e. The number of benzene rings is 2. The maximum atomic E-state index is 13.1. The lowest BCUT2D eigenvalue weighted by molar-refractivity contribution is 0.103. The summed E-state index contributed by atoms with van der Waals surface area (Å²) in [6.45, 7) is 0. The lowest BCUT2D eigenvalue weighted by atomic mass is 10.0. The monoisotopic (exact) mass is 261 g/mol. The Balaban J connectivity index is 2.38. The number of anilines is 1. The van der Waals surface area contributed by atoms with Gasteiger partial charge in [0.15, 0.2) is 17.4 Å². The average Bonchev–Trinajstić information content (AvgIpc) is 2.41. The number of carbonyl (C=O) groups excluding carboxylic acids is 1. The minimum absolute atomic E-state index is 0.134. The molecule has 2 rings (SSSR count). The lowest BCUT2D eigenvalue weighted by Gasteiger charge is -2.13. The average molecular weight is 261 g/mol. The van der Waals surface area contributed by atoms with Gasteiger partial charge in [-0.1, -0.05) is 12.1 Å². The summed E-state index contributed by atoms with van der Waals surface area (Å²) in [5.41, 5.74) is 1.44. The molecule has 0 unspecified atom stereocenters. The summed E-state index contributed by atoms with van der Waals surface area (Å²) in [6, 6.07) is 10.1. The predicted molar refractivity (Wildman–Crippen MR) is 70.6 cm³/mol. The lowest BCUT2D eigenvalue weighted by Crippen LogP contribution is -2.10. The fourth-order valence-electron chi connectivity index (χ4n) is 1.73. The van der Waals surface area contributed by atoms with Gasteiger partial charge in [-0.3, -0.25) is 4.79 Å². The van der Waals surface area contributed by atoms with Gasteiger partial charge in [0.2, 0.25) is 0 Å². The molecule has 0 saturated carbocycles. The number of carbonyl (C=O) groups is 1. The van der Waals surface area contributed by atoms with Crippen molar-refractivity contribution in [3.05, 3.63) is 65.2 Å². The van der Waals surface area contributed by atoms with Crippen LogP contribution in [0.3, 0.4) is 0 Å². The van der Waals surface area contributed by atoms with Crippen LogP contribution in [0.25, 0.3) is 0 Å². The second-order valence-electron chi connectivity index (χ2n) is 4.40. The number of hydrogen-bond acceptors (Lipinski definition) is 2. The highest BCUT2D eigenvalue weighted by Gasteiger charge is 2.12. The molecule has 0 aliphatic carbocycles. The molecule has 19 heavy (non-hydrogen) atoms. The Labute approximate surface area is 110 Å². The molecule has 0 aliphatic heterocycles. The first-order valence-corrected chi connectivity index (χ1v) is 5.76. The molecule has 0 amide bonds. The Kier molecular flexibility index (Phi) is 3.60. The topological polar surface area (TPSA) is 20.3 Å². The van der Waals surface area contributed by atoms with Crippen LogP contribution in [0.5, 0.6) is 0 Å². The van der Waals surface area contributed by atoms with Crippen molar-refractivity contribution in [1.29, 1.82) is 0 Å². The van der Waals surface area contributed by atoms with E-state index in [1.165, 1.54) is 6.07 Å². The van der Waals surface area contributed by atoms with Crippen LogP contribution in [0.15, 0.2) is 42.5 Å². The van der Waals surface area contributed by atoms with E-state index in [0.29, 0.717) is 5.56 Å². The second kappa shape index (κ2) is 5.18. The molecule has 0 aromatic heterocycles. The van der Waals surface area contributed by atoms with E-state index in [9.17, 15) is 13.6 Å². The molecule has 0 N–H and O–H groups in total. The summed E-state index contributed by atoms with van der Waals surface area (Å²) in [7, 11) is 3.72. The SMILES string of the molecule is CN(C)c1cccc(C(=O)c2ccc(F)c(F)c2)c1. The third-order valence-corrected chi connectivity index (χ3v) is 2.81. The Morgan fingerprint density at radius 3 is 2.26 bits per heavy atom. The van der Waals surface area contributed by atoms with Gasteiger partial charge >= 0.3 is 0 Å². The molecular formula is C15H13F2NO. The standard InChI is InChI=1S/C15H13F2NO/c1-18(2)12-5-3-4-10(8-12)15(19)11-6-7-13(16)14(17)9-11/h3-9H,1-2H3. The van der Waals surface area contributed by atoms with E-state index in [2.05, 4.69) is 0 Å². The van der Waals surface area contributed by atoms with Crippen LogP contribution >= 0.6 is 0 Å². The van der Waals surface area contributed by atoms with Crippen molar-refractivity contribution in [2.24, 2.45) is 0 Å². The van der Waals surface area contributed by atoms with Crippen LogP contribution in [0, 0.1) is 11.6 Å². The normalized spacial score (nSPS) is 10.3. The summed E-state index contributed by atoms with van der Waals surface area (Å²) in [6.07, 6.45) is 0. The number of hydrogen-bond donors (Lipinski definition) is 0. The largest absolute Gasteiger partial charge is 0.378 e. The summed E-state index contributed by atoms with van der Waals surface area (Å²) >= 11 is 0. The van der Waals surface area contributed by atoms with Crippen molar-refractivity contribution in [3.8, 4) is 0 Å². The highest BCUT2D eigenvalue weighted by Crippen LogP contribution is 2.18. The molecule has 2 aromatic carbocycles. The van der Waals surface area contributed by atoms with Crippen molar-refractivity contribution in [2.45, 2.75) is 0 Å². The summed E-state index contributed by atoms with van der Waals surface area (Å²) in [5.74, 6) is -2.31. The third-order valence-electron chi connectivity index (χ3n) is 2.81. The molecule has 0 heterocycles. The Bertz CT molecular complexity index is 623. The Morgan fingerprint density at radius 1 is 0.947 bits per heavy atom. The van der Waals surface area contributed by atoms with Gasteiger partial charge in [-0.25, -0.2) is 8.78 Å². The summed E-state index contributed by atoms with van der Waals surface area (Å²) in [5, 5.41) is 0. The van der Waals surface area contributed by atoms with E-state index in [1.807, 2.05) is 25.1 Å². The third kappa shape index (κ3) is 2.78. The molecule has 0 spiro atoms. The van der Waals surface area contributed by atoms with Crippen LogP contribution in [0.4, 0.5) is 14.5 Å². The van der Waals surface area contributed by atoms with Gasteiger partial charge in [-0.15, -0.1) is 0 Å². The first-order chi connectivity index (χ1) is 8.99. The van der Waals surface area contributed by atoms with E-state index in [1.54, 1.807) is 18.2 Å². The van der Waals surface area contributed by atoms with Gasteiger partial charge in [0.1, 0.15) is 0 Å². The minimum atomic E-state index is -1.02. The first kappa shape index (κ1) is 13.2. The fourth-order valence-corrected chi connectivity index (χ4v) is 1.73. The number of nitrogens with zero attached hydrogens (tertiary/aromatic N) is 1. The minimum Gasteiger partial charge on any atom is -0.378 e. The zero-order valence-corrected chi connectivity index (χ0v) is 10.7. The van der Waals surface area contributed by atoms with Crippen LogP contribution in [0.2, 0.25) is 0 Å². The molecule has 0 atom stereocenters.